The van der Waals surface area contributed by atoms with Crippen molar-refractivity contribution in [1.29, 1.82) is 5.26 Å². The molecule has 0 saturated heterocycles. The van der Waals surface area contributed by atoms with Gasteiger partial charge in [0.1, 0.15) is 5.60 Å². The van der Waals surface area contributed by atoms with Crippen LogP contribution < -0.4 is 4.90 Å². The smallest absolute Gasteiger partial charge is 0.429 e. The third-order valence-electron chi connectivity index (χ3n) is 3.44. The molecular weight excluding hydrogens is 296 g/mol. The highest BCUT2D eigenvalue weighted by molar-refractivity contribution is 6.10. The Kier molecular flexibility index (Phi) is 3.91. The number of amides is 1. The maximum atomic E-state index is 12.8. The molecule has 120 valence electrons. The Balaban J connectivity index is 2.55. The highest BCUT2D eigenvalue weighted by Gasteiger charge is 2.56. The second-order valence-electron chi connectivity index (χ2n) is 6.22. The Labute approximate surface area is 134 Å². The molecule has 1 amide bonds. The third kappa shape index (κ3) is 2.66. The maximum absolute atomic E-state index is 12.8. The first-order chi connectivity index (χ1) is 10.6. The maximum Gasteiger partial charge on any atom is 0.510 e. The van der Waals surface area contributed by atoms with Gasteiger partial charge in [-0.25, -0.2) is 4.79 Å². The van der Waals surface area contributed by atoms with Gasteiger partial charge in [0.05, 0.1) is 17.3 Å². The van der Waals surface area contributed by atoms with E-state index in [0.29, 0.717) is 11.3 Å². The van der Waals surface area contributed by atoms with E-state index >= 15 is 0 Å². The lowest BCUT2D eigenvalue weighted by Crippen LogP contribution is -2.44. The monoisotopic (exact) mass is 314 g/mol. The van der Waals surface area contributed by atoms with Crippen LogP contribution >= 0.6 is 0 Å². The van der Waals surface area contributed by atoms with Gasteiger partial charge in [-0.15, -0.1) is 0 Å². The van der Waals surface area contributed by atoms with Gasteiger partial charge in [-0.2, -0.15) is 5.26 Å². The standard InChI is InChI=1S/C17H18N2O4/c1-11(10-18)17(23-15(21)22-16(2,3)4)12-8-6-7-9-13(12)19(5)14(17)20/h6-9H,1H2,2-5H3. The van der Waals surface area contributed by atoms with Crippen LogP contribution in [0.15, 0.2) is 36.4 Å². The molecule has 1 aliphatic rings. The molecule has 0 aliphatic carbocycles. The molecule has 23 heavy (non-hydrogen) atoms. The lowest BCUT2D eigenvalue weighted by molar-refractivity contribution is -0.136. The average Bonchev–Trinajstić information content (AvgIpc) is 2.68. The number of hydrogen-bond donors (Lipinski definition) is 0. The number of ether oxygens (including phenoxy) is 2. The Morgan fingerprint density at radius 2 is 1.96 bits per heavy atom. The fourth-order valence-electron chi connectivity index (χ4n) is 2.45. The van der Waals surface area contributed by atoms with Gasteiger partial charge in [-0.05, 0) is 26.8 Å². The minimum absolute atomic E-state index is 0.176. The van der Waals surface area contributed by atoms with Gasteiger partial charge < -0.3 is 14.4 Å². The number of carbonyl (C=O) groups is 2. The van der Waals surface area contributed by atoms with Gasteiger partial charge in [-0.3, -0.25) is 4.79 Å². The van der Waals surface area contributed by atoms with Crippen molar-refractivity contribution in [2.24, 2.45) is 0 Å². The van der Waals surface area contributed by atoms with E-state index < -0.39 is 23.3 Å². The van der Waals surface area contributed by atoms with Gasteiger partial charge in [-0.1, -0.05) is 24.8 Å². The predicted molar refractivity (Wildman–Crippen MR) is 83.6 cm³/mol. The second kappa shape index (κ2) is 5.43. The highest BCUT2D eigenvalue weighted by atomic mass is 16.7. The van der Waals surface area contributed by atoms with Crippen LogP contribution in [0.1, 0.15) is 26.3 Å². The quantitative estimate of drug-likeness (QED) is 0.619. The molecule has 1 atom stereocenters. The first-order valence-electron chi connectivity index (χ1n) is 7.02. The van der Waals surface area contributed by atoms with E-state index in [9.17, 15) is 14.9 Å². The molecule has 0 aromatic heterocycles. The summed E-state index contributed by atoms with van der Waals surface area (Å²) in [6.45, 7) is 8.65. The number of hydrogen-bond acceptors (Lipinski definition) is 5. The fraction of sp³-hybridized carbons (Fsp3) is 0.353. The highest BCUT2D eigenvalue weighted by Crippen LogP contribution is 2.46. The number of para-hydroxylation sites is 1. The topological polar surface area (TPSA) is 79.6 Å². The Bertz CT molecular complexity index is 727. The number of benzene rings is 1. The second-order valence-corrected chi connectivity index (χ2v) is 6.22. The first kappa shape index (κ1) is 16.6. The Morgan fingerprint density at radius 3 is 2.52 bits per heavy atom. The minimum Gasteiger partial charge on any atom is -0.429 e. The van der Waals surface area contributed by atoms with Crippen LogP contribution in [-0.2, 0) is 19.9 Å². The predicted octanol–water partition coefficient (Wildman–Crippen LogP) is 2.89. The zero-order valence-electron chi connectivity index (χ0n) is 13.5. The number of carbonyl (C=O) groups excluding carboxylic acids is 2. The summed E-state index contributed by atoms with van der Waals surface area (Å²) >= 11 is 0. The zero-order valence-corrected chi connectivity index (χ0v) is 13.5. The van der Waals surface area contributed by atoms with Gasteiger partial charge in [0.2, 0.25) is 0 Å². The van der Waals surface area contributed by atoms with Crippen molar-refractivity contribution in [2.75, 3.05) is 11.9 Å². The van der Waals surface area contributed by atoms with Crippen LogP contribution in [0, 0.1) is 11.3 Å². The van der Waals surface area contributed by atoms with Gasteiger partial charge >= 0.3 is 6.16 Å². The summed E-state index contributed by atoms with van der Waals surface area (Å²) in [5, 5.41) is 9.28. The molecule has 1 aliphatic heterocycles. The van der Waals surface area contributed by atoms with Crippen molar-refractivity contribution in [3.8, 4) is 6.07 Å². The number of nitrogens with zero attached hydrogens (tertiary/aromatic N) is 2. The number of nitriles is 1. The van der Waals surface area contributed by atoms with Gasteiger partial charge in [0.25, 0.3) is 11.5 Å². The van der Waals surface area contributed by atoms with Crippen LogP contribution in [0.2, 0.25) is 0 Å². The SMILES string of the molecule is C=C(C#N)C1(OC(=O)OC(C)(C)C)C(=O)N(C)c2ccccc21. The first-order valence-corrected chi connectivity index (χ1v) is 7.02. The molecule has 2 rings (SSSR count). The third-order valence-corrected chi connectivity index (χ3v) is 3.44. The van der Waals surface area contributed by atoms with Crippen LogP contribution in [0.5, 0.6) is 0 Å². The van der Waals surface area contributed by atoms with Crippen molar-refractivity contribution in [1.82, 2.24) is 0 Å². The summed E-state index contributed by atoms with van der Waals surface area (Å²) in [6, 6.07) is 8.62. The molecule has 1 aromatic rings. The Hall–Kier alpha value is -2.81. The Morgan fingerprint density at radius 1 is 1.35 bits per heavy atom. The number of anilines is 1. The summed E-state index contributed by atoms with van der Waals surface area (Å²) in [6.07, 6.45) is -1.03. The number of rotatable bonds is 2. The van der Waals surface area contributed by atoms with Crippen LogP contribution in [0.4, 0.5) is 10.5 Å². The summed E-state index contributed by atoms with van der Waals surface area (Å²) < 4.78 is 10.5. The average molecular weight is 314 g/mol. The van der Waals surface area contributed by atoms with Crippen molar-refractivity contribution in [2.45, 2.75) is 32.0 Å². The van der Waals surface area contributed by atoms with Crippen molar-refractivity contribution in [3.63, 3.8) is 0 Å². The van der Waals surface area contributed by atoms with Crippen molar-refractivity contribution >= 4 is 17.7 Å². The van der Waals surface area contributed by atoms with Gasteiger partial charge in [0, 0.05) is 12.6 Å². The molecule has 6 nitrogen and oxygen atoms in total. The molecule has 6 heteroatoms. The lowest BCUT2D eigenvalue weighted by Gasteiger charge is -2.28. The molecule has 1 heterocycles. The van der Waals surface area contributed by atoms with E-state index in [-0.39, 0.29) is 5.57 Å². The molecule has 1 unspecified atom stereocenters. The van der Waals surface area contributed by atoms with Gasteiger partial charge in [0.15, 0.2) is 0 Å². The molecule has 1 aromatic carbocycles. The summed E-state index contributed by atoms with van der Waals surface area (Å²) in [4.78, 5) is 26.2. The van der Waals surface area contributed by atoms with Crippen LogP contribution in [0.3, 0.4) is 0 Å². The van der Waals surface area contributed by atoms with E-state index in [1.165, 1.54) is 4.90 Å². The zero-order chi connectivity index (χ0) is 17.4. The van der Waals surface area contributed by atoms with E-state index in [2.05, 4.69) is 6.58 Å². The van der Waals surface area contributed by atoms with Crippen molar-refractivity contribution in [3.05, 3.63) is 42.0 Å². The molecule has 0 bridgehead atoms. The largest absolute Gasteiger partial charge is 0.510 e. The normalized spacial score (nSPS) is 19.8. The molecule has 0 saturated carbocycles. The number of fused-ring (bicyclic) bond motifs is 1. The van der Waals surface area contributed by atoms with Crippen LogP contribution in [-0.4, -0.2) is 24.7 Å². The molecule has 0 spiro atoms. The summed E-state index contributed by atoms with van der Waals surface area (Å²) in [5.41, 5.74) is -1.91. The molecule has 0 N–H and O–H groups in total. The van der Waals surface area contributed by atoms with E-state index in [0.717, 1.165) is 0 Å². The fourth-order valence-corrected chi connectivity index (χ4v) is 2.45. The van der Waals surface area contributed by atoms with Crippen molar-refractivity contribution < 1.29 is 19.1 Å². The minimum atomic E-state index is -1.89. The van der Waals surface area contributed by atoms with E-state index in [1.807, 2.05) is 6.07 Å². The summed E-state index contributed by atoms with van der Waals surface area (Å²) in [5.74, 6) is -0.559. The molecular formula is C17H18N2O4. The number of likely N-dealkylation sites (N-methyl/N-ethyl adjacent to an activating group) is 1. The lowest BCUT2D eigenvalue weighted by atomic mass is 9.88. The van der Waals surface area contributed by atoms with E-state index in [4.69, 9.17) is 9.47 Å². The molecule has 0 radical (unpaired) electrons. The van der Waals surface area contributed by atoms with E-state index in [1.54, 1.807) is 52.1 Å². The molecule has 0 fully saturated rings. The summed E-state index contributed by atoms with van der Waals surface area (Å²) in [7, 11) is 1.55. The van der Waals surface area contributed by atoms with Crippen LogP contribution in [0.25, 0.3) is 0 Å².